The summed E-state index contributed by atoms with van der Waals surface area (Å²) in [5.74, 6) is -0.533. The number of carbonyl (C=O) groups is 1. The number of nitrogens with one attached hydrogen (secondary N) is 2. The summed E-state index contributed by atoms with van der Waals surface area (Å²) < 4.78 is 32.8. The molecule has 2 N–H and O–H groups in total. The van der Waals surface area contributed by atoms with Crippen LogP contribution in [0, 0.1) is 0 Å². The molecule has 0 radical (unpaired) electrons. The fourth-order valence-corrected chi connectivity index (χ4v) is 7.72. The molecule has 2 aliphatic heterocycles. The van der Waals surface area contributed by atoms with Crippen molar-refractivity contribution in [2.45, 2.75) is 24.4 Å². The van der Waals surface area contributed by atoms with Crippen LogP contribution in [0.3, 0.4) is 0 Å². The van der Waals surface area contributed by atoms with Gasteiger partial charge in [-0.3, -0.25) is 10.1 Å². The molecule has 2 aromatic carbocycles. The van der Waals surface area contributed by atoms with Crippen LogP contribution in [0.5, 0.6) is 0 Å². The molecule has 1 amide bonds. The molecule has 5 rings (SSSR count). The number of quaternary nitrogens is 1. The third-order valence-corrected chi connectivity index (χ3v) is 9.96. The van der Waals surface area contributed by atoms with E-state index in [2.05, 4.69) is 22.4 Å². The minimum atomic E-state index is -3.91. The molecule has 190 valence electrons. The van der Waals surface area contributed by atoms with Crippen molar-refractivity contribution in [3.05, 3.63) is 74.2 Å². The van der Waals surface area contributed by atoms with Gasteiger partial charge in [-0.15, -0.1) is 0 Å². The van der Waals surface area contributed by atoms with Crippen LogP contribution in [0.25, 0.3) is 0 Å². The molecule has 1 atom stereocenters. The van der Waals surface area contributed by atoms with Gasteiger partial charge in [0, 0.05) is 25.1 Å². The van der Waals surface area contributed by atoms with Crippen molar-refractivity contribution in [3.63, 3.8) is 0 Å². The van der Waals surface area contributed by atoms with Crippen LogP contribution in [-0.4, -0.2) is 56.5 Å². The van der Waals surface area contributed by atoms with Gasteiger partial charge in [0.25, 0.3) is 5.91 Å². The van der Waals surface area contributed by atoms with Gasteiger partial charge in [0.05, 0.1) is 45.9 Å². The van der Waals surface area contributed by atoms with Gasteiger partial charge in [0.15, 0.2) is 5.13 Å². The third-order valence-electron chi connectivity index (χ3n) is 6.28. The Kier molecular flexibility index (Phi) is 7.64. The van der Waals surface area contributed by atoms with Crippen LogP contribution in [-0.2, 0) is 34.3 Å². The van der Waals surface area contributed by atoms with Gasteiger partial charge in [0.2, 0.25) is 10.0 Å². The highest BCUT2D eigenvalue weighted by Crippen LogP contribution is 2.32. The normalized spacial score (nSPS) is 18.6. The molecule has 12 heteroatoms. The molecule has 1 unspecified atom stereocenters. The van der Waals surface area contributed by atoms with Gasteiger partial charge in [0.1, 0.15) is 18.0 Å². The Morgan fingerprint density at radius 3 is 2.64 bits per heavy atom. The van der Waals surface area contributed by atoms with Gasteiger partial charge in [-0.05, 0) is 12.1 Å². The highest BCUT2D eigenvalue weighted by molar-refractivity contribution is 7.89. The summed E-state index contributed by atoms with van der Waals surface area (Å²) in [6.07, 6.45) is 0.827. The van der Waals surface area contributed by atoms with E-state index >= 15 is 0 Å². The molecular weight excluding hydrogens is 543 g/mol. The fourth-order valence-electron chi connectivity index (χ4n) is 4.41. The summed E-state index contributed by atoms with van der Waals surface area (Å²) in [4.78, 5) is 20.2. The predicted octanol–water partition coefficient (Wildman–Crippen LogP) is 2.86. The molecule has 1 saturated heterocycles. The number of morpholine rings is 1. The van der Waals surface area contributed by atoms with E-state index in [1.807, 2.05) is 18.2 Å². The number of halogens is 2. The Morgan fingerprint density at radius 2 is 1.89 bits per heavy atom. The number of rotatable bonds is 6. The Labute approximate surface area is 223 Å². The standard InChI is InChI=1S/C24H24Cl2N4O4S2/c25-18-13-19(26)22(36(32,33)30-8-10-34-11-9-30)12-17(18)23(31)28-24-27-20-6-7-29(15-21(20)35-24)14-16-4-2-1-3-5-16/h1-5,12-13H,6-11,14-15H2,(H,27,28,31)/p+1. The zero-order valence-corrected chi connectivity index (χ0v) is 22.4. The summed E-state index contributed by atoms with van der Waals surface area (Å²) in [6.45, 7) is 3.77. The summed E-state index contributed by atoms with van der Waals surface area (Å²) in [5, 5.41) is 3.30. The molecule has 0 saturated carbocycles. The second-order valence-corrected chi connectivity index (χ2v) is 12.5. The van der Waals surface area contributed by atoms with Crippen molar-refractivity contribution in [2.24, 2.45) is 0 Å². The minimum absolute atomic E-state index is 0.0254. The first-order chi connectivity index (χ1) is 17.3. The monoisotopic (exact) mass is 567 g/mol. The van der Waals surface area contributed by atoms with Crippen molar-refractivity contribution in [1.82, 2.24) is 9.29 Å². The smallest absolute Gasteiger partial charge is 0.259 e. The molecule has 3 aromatic rings. The van der Waals surface area contributed by atoms with Crippen molar-refractivity contribution in [2.75, 3.05) is 38.2 Å². The largest absolute Gasteiger partial charge is 0.379 e. The van der Waals surface area contributed by atoms with E-state index in [1.165, 1.54) is 38.2 Å². The molecule has 0 spiro atoms. The van der Waals surface area contributed by atoms with Crippen LogP contribution in [0.2, 0.25) is 10.0 Å². The number of thiazole rings is 1. The highest BCUT2D eigenvalue weighted by Gasteiger charge is 2.31. The van der Waals surface area contributed by atoms with Crippen molar-refractivity contribution < 1.29 is 22.8 Å². The van der Waals surface area contributed by atoms with E-state index in [-0.39, 0.29) is 33.6 Å². The van der Waals surface area contributed by atoms with Gasteiger partial charge in [-0.25, -0.2) is 13.4 Å². The number of amides is 1. The highest BCUT2D eigenvalue weighted by atomic mass is 35.5. The predicted molar refractivity (Wildman–Crippen MR) is 139 cm³/mol. The van der Waals surface area contributed by atoms with E-state index < -0.39 is 15.9 Å². The van der Waals surface area contributed by atoms with E-state index in [1.54, 1.807) is 0 Å². The lowest BCUT2D eigenvalue weighted by Crippen LogP contribution is -3.10. The number of aromatic nitrogens is 1. The molecule has 36 heavy (non-hydrogen) atoms. The molecule has 0 bridgehead atoms. The van der Waals surface area contributed by atoms with E-state index in [9.17, 15) is 13.2 Å². The molecule has 3 heterocycles. The first-order valence-corrected chi connectivity index (χ1v) is 14.6. The zero-order valence-electron chi connectivity index (χ0n) is 19.3. The Bertz CT molecular complexity index is 1380. The van der Waals surface area contributed by atoms with Gasteiger partial charge >= 0.3 is 0 Å². The van der Waals surface area contributed by atoms with Crippen LogP contribution in [0.15, 0.2) is 47.4 Å². The van der Waals surface area contributed by atoms with Crippen LogP contribution < -0.4 is 10.2 Å². The fraction of sp³-hybridized carbons (Fsp3) is 0.333. The first kappa shape index (κ1) is 25.6. The average Bonchev–Trinajstić information content (AvgIpc) is 3.26. The Balaban J connectivity index is 1.32. The van der Waals surface area contributed by atoms with E-state index in [0.717, 1.165) is 36.6 Å². The van der Waals surface area contributed by atoms with Crippen LogP contribution in [0.1, 0.15) is 26.5 Å². The summed E-state index contributed by atoms with van der Waals surface area (Å²) in [6, 6.07) is 12.9. The third kappa shape index (κ3) is 5.45. The molecule has 2 aliphatic rings. The number of ether oxygens (including phenoxy) is 1. The molecular formula is C24H25Cl2N4O4S2+. The topological polar surface area (TPSA) is 93.0 Å². The van der Waals surface area contributed by atoms with Gasteiger partial charge < -0.3 is 9.64 Å². The van der Waals surface area contributed by atoms with Gasteiger partial charge in [-0.2, -0.15) is 4.31 Å². The number of fused-ring (bicyclic) bond motifs is 1. The average molecular weight is 569 g/mol. The summed E-state index contributed by atoms with van der Waals surface area (Å²) >= 11 is 14.0. The number of benzene rings is 2. The summed E-state index contributed by atoms with van der Waals surface area (Å²) in [7, 11) is -3.91. The maximum atomic E-state index is 13.1. The van der Waals surface area contributed by atoms with Crippen LogP contribution in [0.4, 0.5) is 5.13 Å². The number of hydrogen-bond donors (Lipinski definition) is 2. The lowest BCUT2D eigenvalue weighted by atomic mass is 10.1. The van der Waals surface area contributed by atoms with Gasteiger partial charge in [-0.1, -0.05) is 64.9 Å². The summed E-state index contributed by atoms with van der Waals surface area (Å²) in [5.41, 5.74) is 2.30. The minimum Gasteiger partial charge on any atom is -0.379 e. The maximum absolute atomic E-state index is 13.1. The zero-order chi connectivity index (χ0) is 25.3. The van der Waals surface area contributed by atoms with Crippen LogP contribution >= 0.6 is 34.5 Å². The number of hydrogen-bond acceptors (Lipinski definition) is 6. The molecule has 8 nitrogen and oxygen atoms in total. The van der Waals surface area contributed by atoms with E-state index in [0.29, 0.717) is 18.3 Å². The number of carbonyl (C=O) groups excluding carboxylic acids is 1. The van der Waals surface area contributed by atoms with Crippen molar-refractivity contribution >= 4 is 55.6 Å². The van der Waals surface area contributed by atoms with Crippen molar-refractivity contribution in [1.29, 1.82) is 0 Å². The molecule has 1 aromatic heterocycles. The SMILES string of the molecule is O=C(Nc1nc2c(s1)C[NH+](Cc1ccccc1)CC2)c1cc(S(=O)(=O)N2CCOCC2)c(Cl)cc1Cl. The number of nitrogens with zero attached hydrogens (tertiary/aromatic N) is 2. The number of sulfonamides is 1. The van der Waals surface area contributed by atoms with E-state index in [4.69, 9.17) is 27.9 Å². The lowest BCUT2D eigenvalue weighted by molar-refractivity contribution is -0.929. The Morgan fingerprint density at radius 1 is 1.14 bits per heavy atom. The van der Waals surface area contributed by atoms with Crippen molar-refractivity contribution in [3.8, 4) is 0 Å². The Hall–Kier alpha value is -2.05. The second kappa shape index (κ2) is 10.7. The maximum Gasteiger partial charge on any atom is 0.259 e. The second-order valence-electron chi connectivity index (χ2n) is 8.71. The molecule has 0 aliphatic carbocycles. The lowest BCUT2D eigenvalue weighted by Gasteiger charge is -2.26. The number of anilines is 1. The quantitative estimate of drug-likeness (QED) is 0.477. The molecule has 1 fully saturated rings. The first-order valence-electron chi connectivity index (χ1n) is 11.6.